The van der Waals surface area contributed by atoms with Gasteiger partial charge in [0.1, 0.15) is 6.29 Å². The molecule has 0 heterocycles. The lowest BCUT2D eigenvalue weighted by atomic mass is 10.1. The Bertz CT molecular complexity index is 413. The molecular weight excluding hydrogens is 204 g/mol. The maximum absolute atomic E-state index is 11.5. The number of carbonyl (C=O) groups is 2. The van der Waals surface area contributed by atoms with Crippen molar-refractivity contribution in [3.8, 4) is 0 Å². The monoisotopic (exact) mass is 218 g/mol. The summed E-state index contributed by atoms with van der Waals surface area (Å²) in [7, 11) is 3.25. The molecule has 1 aromatic rings. The quantitative estimate of drug-likeness (QED) is 0.619. The number of benzene rings is 1. The first-order valence-electron chi connectivity index (χ1n) is 4.87. The van der Waals surface area contributed by atoms with Crippen molar-refractivity contribution in [3.05, 3.63) is 35.9 Å². The third-order valence-electron chi connectivity index (χ3n) is 2.17. The van der Waals surface area contributed by atoms with E-state index in [1.807, 2.05) is 24.3 Å². The van der Waals surface area contributed by atoms with Crippen molar-refractivity contribution in [1.29, 1.82) is 0 Å². The number of amides is 2. The number of aldehydes is 1. The lowest BCUT2D eigenvalue weighted by Gasteiger charge is -2.18. The fourth-order valence-electron chi connectivity index (χ4n) is 1.35. The predicted octanol–water partition coefficient (Wildman–Crippen LogP) is 1.67. The van der Waals surface area contributed by atoms with Crippen molar-refractivity contribution in [2.24, 2.45) is 0 Å². The number of carbonyl (C=O) groups excluding carboxylic acids is 2. The van der Waals surface area contributed by atoms with Crippen LogP contribution < -0.4 is 10.2 Å². The highest BCUT2D eigenvalue weighted by Crippen LogP contribution is 2.20. The van der Waals surface area contributed by atoms with Crippen molar-refractivity contribution in [2.45, 2.75) is 0 Å². The van der Waals surface area contributed by atoms with Gasteiger partial charge in [-0.3, -0.25) is 9.69 Å². The predicted molar refractivity (Wildman–Crippen MR) is 64.4 cm³/mol. The van der Waals surface area contributed by atoms with Gasteiger partial charge in [0.25, 0.3) is 0 Å². The molecule has 16 heavy (non-hydrogen) atoms. The first kappa shape index (κ1) is 12.0. The largest absolute Gasteiger partial charge is 0.341 e. The summed E-state index contributed by atoms with van der Waals surface area (Å²) in [5.74, 6) is 0. The number of allylic oxidation sites excluding steroid dienone is 1. The molecule has 0 aliphatic rings. The zero-order chi connectivity index (χ0) is 12.0. The number of anilines is 1. The third-order valence-corrected chi connectivity index (χ3v) is 2.17. The van der Waals surface area contributed by atoms with Crippen molar-refractivity contribution in [3.63, 3.8) is 0 Å². The molecule has 0 fully saturated rings. The van der Waals surface area contributed by atoms with E-state index in [4.69, 9.17) is 0 Å². The highest BCUT2D eigenvalue weighted by atomic mass is 16.2. The Morgan fingerprint density at radius 3 is 2.69 bits per heavy atom. The van der Waals surface area contributed by atoms with E-state index in [-0.39, 0.29) is 6.03 Å². The van der Waals surface area contributed by atoms with E-state index < -0.39 is 0 Å². The van der Waals surface area contributed by atoms with Gasteiger partial charge in [-0.05, 0) is 23.8 Å². The number of nitrogens with one attached hydrogen (secondary N) is 1. The molecule has 0 aliphatic carbocycles. The van der Waals surface area contributed by atoms with Crippen molar-refractivity contribution >= 4 is 24.1 Å². The highest BCUT2D eigenvalue weighted by molar-refractivity contribution is 5.94. The van der Waals surface area contributed by atoms with Crippen LogP contribution in [0, 0.1) is 0 Å². The number of para-hydroxylation sites is 1. The van der Waals surface area contributed by atoms with Crippen LogP contribution in [0.1, 0.15) is 5.56 Å². The van der Waals surface area contributed by atoms with E-state index in [1.165, 1.54) is 11.0 Å². The summed E-state index contributed by atoms with van der Waals surface area (Å²) in [6, 6.07) is 7.15. The van der Waals surface area contributed by atoms with Crippen molar-refractivity contribution in [1.82, 2.24) is 5.32 Å². The molecule has 4 heteroatoms. The van der Waals surface area contributed by atoms with E-state index in [9.17, 15) is 9.59 Å². The second kappa shape index (κ2) is 5.70. The summed E-state index contributed by atoms with van der Waals surface area (Å²) in [5.41, 5.74) is 1.57. The van der Waals surface area contributed by atoms with Crippen LogP contribution in [-0.4, -0.2) is 26.4 Å². The minimum Gasteiger partial charge on any atom is -0.341 e. The normalized spacial score (nSPS) is 10.1. The molecule has 0 saturated heterocycles. The fourth-order valence-corrected chi connectivity index (χ4v) is 1.35. The number of rotatable bonds is 3. The maximum Gasteiger partial charge on any atom is 0.321 e. The Morgan fingerprint density at radius 2 is 2.06 bits per heavy atom. The smallest absolute Gasteiger partial charge is 0.321 e. The molecule has 84 valence electrons. The molecular formula is C12H14N2O2. The summed E-state index contributed by atoms with van der Waals surface area (Å²) in [5, 5.41) is 2.54. The minimum absolute atomic E-state index is 0.202. The average Bonchev–Trinajstić information content (AvgIpc) is 2.34. The molecule has 0 aliphatic heterocycles. The van der Waals surface area contributed by atoms with Gasteiger partial charge in [-0.1, -0.05) is 18.2 Å². The van der Waals surface area contributed by atoms with Crippen LogP contribution >= 0.6 is 0 Å². The van der Waals surface area contributed by atoms with Gasteiger partial charge in [0.15, 0.2) is 0 Å². The second-order valence-electron chi connectivity index (χ2n) is 3.17. The molecule has 0 bridgehead atoms. The molecule has 0 aromatic heterocycles. The lowest BCUT2D eigenvalue weighted by molar-refractivity contribution is -0.104. The first-order chi connectivity index (χ1) is 7.70. The van der Waals surface area contributed by atoms with Crippen LogP contribution in [0.4, 0.5) is 10.5 Å². The minimum atomic E-state index is -0.202. The van der Waals surface area contributed by atoms with E-state index in [0.717, 1.165) is 11.3 Å². The third kappa shape index (κ3) is 2.70. The van der Waals surface area contributed by atoms with E-state index >= 15 is 0 Å². The van der Waals surface area contributed by atoms with Gasteiger partial charge >= 0.3 is 6.03 Å². The molecule has 2 amide bonds. The average molecular weight is 218 g/mol. The Balaban J connectivity index is 3.07. The van der Waals surface area contributed by atoms with Gasteiger partial charge in [-0.15, -0.1) is 0 Å². The number of nitrogens with zero attached hydrogens (tertiary/aromatic N) is 1. The molecule has 1 rings (SSSR count). The number of urea groups is 1. The molecule has 0 radical (unpaired) electrons. The van der Waals surface area contributed by atoms with Crippen molar-refractivity contribution in [2.75, 3.05) is 19.0 Å². The second-order valence-corrected chi connectivity index (χ2v) is 3.17. The van der Waals surface area contributed by atoms with Crippen LogP contribution in [0.2, 0.25) is 0 Å². The van der Waals surface area contributed by atoms with Crippen molar-refractivity contribution < 1.29 is 9.59 Å². The Labute approximate surface area is 94.6 Å². The van der Waals surface area contributed by atoms with Crippen LogP contribution in [0.25, 0.3) is 6.08 Å². The van der Waals surface area contributed by atoms with Gasteiger partial charge in [0.05, 0.1) is 5.69 Å². The Morgan fingerprint density at radius 1 is 1.38 bits per heavy atom. The molecule has 0 atom stereocenters. The Hall–Kier alpha value is -2.10. The summed E-state index contributed by atoms with van der Waals surface area (Å²) in [6.45, 7) is 0. The maximum atomic E-state index is 11.5. The van der Waals surface area contributed by atoms with E-state index in [2.05, 4.69) is 5.32 Å². The summed E-state index contributed by atoms with van der Waals surface area (Å²) < 4.78 is 0. The molecule has 0 spiro atoms. The molecule has 1 N–H and O–H groups in total. The summed E-state index contributed by atoms with van der Waals surface area (Å²) >= 11 is 0. The van der Waals surface area contributed by atoms with E-state index in [1.54, 1.807) is 20.2 Å². The Kier molecular flexibility index (Phi) is 4.27. The zero-order valence-corrected chi connectivity index (χ0v) is 9.31. The summed E-state index contributed by atoms with van der Waals surface area (Å²) in [6.07, 6.45) is 3.77. The summed E-state index contributed by atoms with van der Waals surface area (Å²) in [4.78, 5) is 23.2. The topological polar surface area (TPSA) is 49.4 Å². The van der Waals surface area contributed by atoms with Gasteiger partial charge in [-0.2, -0.15) is 0 Å². The standard InChI is InChI=1S/C12H14N2O2/c1-13-12(16)14(2)11-8-4-3-6-10(11)7-5-9-15/h3-9H,1-2H3,(H,13,16)/b7-5+. The number of hydrogen-bond donors (Lipinski definition) is 1. The fraction of sp³-hybridized carbons (Fsp3) is 0.167. The van der Waals surface area contributed by atoms with Crippen LogP contribution in [0.5, 0.6) is 0 Å². The van der Waals surface area contributed by atoms with Crippen LogP contribution in [0.15, 0.2) is 30.3 Å². The van der Waals surface area contributed by atoms with Crippen LogP contribution in [-0.2, 0) is 4.79 Å². The molecule has 1 aromatic carbocycles. The first-order valence-corrected chi connectivity index (χ1v) is 4.87. The van der Waals surface area contributed by atoms with Gasteiger partial charge in [-0.25, -0.2) is 4.79 Å². The van der Waals surface area contributed by atoms with Crippen LogP contribution in [0.3, 0.4) is 0 Å². The van der Waals surface area contributed by atoms with E-state index in [0.29, 0.717) is 6.29 Å². The molecule has 4 nitrogen and oxygen atoms in total. The molecule has 0 saturated carbocycles. The van der Waals surface area contributed by atoms with Gasteiger partial charge < -0.3 is 5.32 Å². The van der Waals surface area contributed by atoms with Gasteiger partial charge in [0, 0.05) is 14.1 Å². The highest BCUT2D eigenvalue weighted by Gasteiger charge is 2.10. The number of hydrogen-bond acceptors (Lipinski definition) is 2. The lowest BCUT2D eigenvalue weighted by Crippen LogP contribution is -2.35. The molecule has 0 unspecified atom stereocenters. The van der Waals surface area contributed by atoms with Gasteiger partial charge in [0.2, 0.25) is 0 Å². The zero-order valence-electron chi connectivity index (χ0n) is 9.31. The SMILES string of the molecule is CNC(=O)N(C)c1ccccc1/C=C/C=O.